The third-order valence-electron chi connectivity index (χ3n) is 2.84. The predicted molar refractivity (Wildman–Crippen MR) is 83.6 cm³/mol. The normalized spacial score (nSPS) is 11.2. The van der Waals surface area contributed by atoms with Crippen LogP contribution >= 0.6 is 11.3 Å². The molecule has 2 rings (SSSR count). The van der Waals surface area contributed by atoms with Crippen LogP contribution in [0.5, 0.6) is 0 Å². The van der Waals surface area contributed by atoms with Crippen LogP contribution in [0.2, 0.25) is 0 Å². The molecule has 0 unspecified atom stereocenters. The van der Waals surface area contributed by atoms with E-state index in [9.17, 15) is 0 Å². The van der Waals surface area contributed by atoms with Gasteiger partial charge in [0.1, 0.15) is 0 Å². The molecule has 0 bridgehead atoms. The minimum atomic E-state index is 0.567. The topological polar surface area (TPSA) is 34.1 Å². The number of rotatable bonds is 8. The van der Waals surface area contributed by atoms with Crippen molar-refractivity contribution in [3.63, 3.8) is 0 Å². The number of nitrogens with one attached hydrogen (secondary N) is 1. The molecule has 0 aliphatic heterocycles. The molecule has 108 valence electrons. The molecule has 20 heavy (non-hydrogen) atoms. The van der Waals surface area contributed by atoms with Crippen molar-refractivity contribution in [3.05, 3.63) is 52.0 Å². The number of hydrogen-bond acceptors (Lipinski definition) is 4. The molecule has 0 aromatic carbocycles. The summed E-state index contributed by atoms with van der Waals surface area (Å²) >= 11 is 1.72. The maximum Gasteiger partial charge on any atom is 0.0892 e. The summed E-state index contributed by atoms with van der Waals surface area (Å²) in [5, 5.41) is 5.48. The van der Waals surface area contributed by atoms with Crippen molar-refractivity contribution in [1.82, 2.24) is 10.3 Å². The molecule has 2 aromatic heterocycles. The third-order valence-corrected chi connectivity index (χ3v) is 3.69. The fourth-order valence-electron chi connectivity index (χ4n) is 1.80. The molecular weight excluding hydrogens is 268 g/mol. The van der Waals surface area contributed by atoms with Crippen molar-refractivity contribution < 1.29 is 4.74 Å². The van der Waals surface area contributed by atoms with Crippen LogP contribution in [0.1, 0.15) is 30.0 Å². The second-order valence-electron chi connectivity index (χ2n) is 5.25. The second kappa shape index (κ2) is 8.15. The van der Waals surface area contributed by atoms with E-state index in [2.05, 4.69) is 41.7 Å². The van der Waals surface area contributed by atoms with Gasteiger partial charge in [-0.2, -0.15) is 0 Å². The average Bonchev–Trinajstić information content (AvgIpc) is 2.93. The molecule has 0 fully saturated rings. The Hall–Kier alpha value is -1.23. The molecule has 3 nitrogen and oxygen atoms in total. The summed E-state index contributed by atoms with van der Waals surface area (Å²) < 4.78 is 5.65. The number of aromatic nitrogens is 1. The summed E-state index contributed by atoms with van der Waals surface area (Å²) in [5.41, 5.74) is 2.20. The van der Waals surface area contributed by atoms with E-state index in [0.717, 1.165) is 18.8 Å². The Bertz CT molecular complexity index is 480. The molecule has 0 radical (unpaired) electrons. The Labute approximate surface area is 125 Å². The monoisotopic (exact) mass is 290 g/mol. The van der Waals surface area contributed by atoms with Gasteiger partial charge in [0.25, 0.3) is 0 Å². The SMILES string of the molecule is CC(C)CNCc1ccc(COCc2cccs2)nc1. The Morgan fingerprint density at radius 2 is 2.15 bits per heavy atom. The molecule has 1 N–H and O–H groups in total. The molecule has 0 saturated heterocycles. The molecule has 0 amide bonds. The van der Waals surface area contributed by atoms with Gasteiger partial charge in [0.05, 0.1) is 18.9 Å². The van der Waals surface area contributed by atoms with Gasteiger partial charge < -0.3 is 10.1 Å². The molecule has 2 heterocycles. The van der Waals surface area contributed by atoms with E-state index < -0.39 is 0 Å². The van der Waals surface area contributed by atoms with Crippen LogP contribution in [0.15, 0.2) is 35.8 Å². The number of pyridine rings is 1. The minimum absolute atomic E-state index is 0.567. The van der Waals surface area contributed by atoms with E-state index in [4.69, 9.17) is 4.74 Å². The summed E-state index contributed by atoms with van der Waals surface area (Å²) in [6.07, 6.45) is 1.93. The molecule has 4 heteroatoms. The maximum atomic E-state index is 5.65. The Morgan fingerprint density at radius 3 is 2.80 bits per heavy atom. The van der Waals surface area contributed by atoms with Gasteiger partial charge in [0.2, 0.25) is 0 Å². The van der Waals surface area contributed by atoms with Crippen LogP contribution in [0, 0.1) is 5.92 Å². The van der Waals surface area contributed by atoms with Crippen molar-refractivity contribution in [2.45, 2.75) is 33.6 Å². The molecule has 0 spiro atoms. The van der Waals surface area contributed by atoms with E-state index >= 15 is 0 Å². The first-order valence-corrected chi connectivity index (χ1v) is 7.86. The van der Waals surface area contributed by atoms with Crippen LogP contribution in [-0.2, 0) is 24.5 Å². The molecule has 0 aliphatic rings. The quantitative estimate of drug-likeness (QED) is 0.806. The average molecular weight is 290 g/mol. The van der Waals surface area contributed by atoms with Crippen molar-refractivity contribution in [2.24, 2.45) is 5.92 Å². The largest absolute Gasteiger partial charge is 0.370 e. The van der Waals surface area contributed by atoms with Crippen LogP contribution in [0.3, 0.4) is 0 Å². The van der Waals surface area contributed by atoms with Crippen molar-refractivity contribution in [2.75, 3.05) is 6.54 Å². The first-order chi connectivity index (χ1) is 9.74. The zero-order chi connectivity index (χ0) is 14.2. The van der Waals surface area contributed by atoms with E-state index in [1.54, 1.807) is 11.3 Å². The molecule has 2 aromatic rings. The highest BCUT2D eigenvalue weighted by Gasteiger charge is 1.99. The van der Waals surface area contributed by atoms with Gasteiger partial charge in [-0.25, -0.2) is 0 Å². The molecule has 0 aliphatic carbocycles. The van der Waals surface area contributed by atoms with Crippen molar-refractivity contribution in [1.29, 1.82) is 0 Å². The van der Waals surface area contributed by atoms with Gasteiger partial charge in [-0.05, 0) is 35.5 Å². The zero-order valence-corrected chi connectivity index (χ0v) is 13.0. The standard InChI is InChI=1S/C16H22N2OS/c1-13(2)8-17-9-14-5-6-15(18-10-14)11-19-12-16-4-3-7-20-16/h3-7,10,13,17H,8-9,11-12H2,1-2H3. The summed E-state index contributed by atoms with van der Waals surface area (Å²) in [6.45, 7) is 7.56. The number of ether oxygens (including phenoxy) is 1. The summed E-state index contributed by atoms with van der Waals surface area (Å²) in [6, 6.07) is 8.28. The Balaban J connectivity index is 1.71. The van der Waals surface area contributed by atoms with E-state index in [1.165, 1.54) is 10.4 Å². The fourth-order valence-corrected chi connectivity index (χ4v) is 2.44. The van der Waals surface area contributed by atoms with Gasteiger partial charge in [0.15, 0.2) is 0 Å². The van der Waals surface area contributed by atoms with E-state index in [0.29, 0.717) is 19.1 Å². The van der Waals surface area contributed by atoms with E-state index in [1.807, 2.05) is 18.3 Å². The minimum Gasteiger partial charge on any atom is -0.370 e. The highest BCUT2D eigenvalue weighted by atomic mass is 32.1. The Kier molecular flexibility index (Phi) is 6.18. The predicted octanol–water partition coefficient (Wildman–Crippen LogP) is 3.61. The molecule has 0 saturated carbocycles. The van der Waals surface area contributed by atoms with Gasteiger partial charge in [-0.1, -0.05) is 26.0 Å². The van der Waals surface area contributed by atoms with Gasteiger partial charge >= 0.3 is 0 Å². The molecule has 0 atom stereocenters. The fraction of sp³-hybridized carbons (Fsp3) is 0.438. The summed E-state index contributed by atoms with van der Waals surface area (Å²) in [4.78, 5) is 5.68. The van der Waals surface area contributed by atoms with Crippen LogP contribution in [0.4, 0.5) is 0 Å². The number of thiophene rings is 1. The maximum absolute atomic E-state index is 5.65. The van der Waals surface area contributed by atoms with Gasteiger partial charge in [-0.3, -0.25) is 4.98 Å². The second-order valence-corrected chi connectivity index (χ2v) is 6.29. The lowest BCUT2D eigenvalue weighted by Gasteiger charge is -2.08. The third kappa shape index (κ3) is 5.41. The van der Waals surface area contributed by atoms with Crippen LogP contribution in [0.25, 0.3) is 0 Å². The summed E-state index contributed by atoms with van der Waals surface area (Å²) in [5.74, 6) is 0.674. The van der Waals surface area contributed by atoms with Crippen molar-refractivity contribution in [3.8, 4) is 0 Å². The first-order valence-electron chi connectivity index (χ1n) is 6.98. The zero-order valence-electron chi connectivity index (χ0n) is 12.1. The number of nitrogens with zero attached hydrogens (tertiary/aromatic N) is 1. The highest BCUT2D eigenvalue weighted by Crippen LogP contribution is 2.11. The van der Waals surface area contributed by atoms with Crippen molar-refractivity contribution >= 4 is 11.3 Å². The first kappa shape index (κ1) is 15.2. The smallest absolute Gasteiger partial charge is 0.0892 e. The summed E-state index contributed by atoms with van der Waals surface area (Å²) in [7, 11) is 0. The lowest BCUT2D eigenvalue weighted by molar-refractivity contribution is 0.106. The highest BCUT2D eigenvalue weighted by molar-refractivity contribution is 7.09. The number of hydrogen-bond donors (Lipinski definition) is 1. The molecular formula is C16H22N2OS. The van der Waals surface area contributed by atoms with Gasteiger partial charge in [0, 0.05) is 17.6 Å². The van der Waals surface area contributed by atoms with Gasteiger partial charge in [-0.15, -0.1) is 11.3 Å². The van der Waals surface area contributed by atoms with E-state index in [-0.39, 0.29) is 0 Å². The van der Waals surface area contributed by atoms with Crippen LogP contribution in [-0.4, -0.2) is 11.5 Å². The lowest BCUT2D eigenvalue weighted by Crippen LogP contribution is -2.19. The Morgan fingerprint density at radius 1 is 1.25 bits per heavy atom. The van der Waals surface area contributed by atoms with Crippen LogP contribution < -0.4 is 5.32 Å². The lowest BCUT2D eigenvalue weighted by atomic mass is 10.2.